The van der Waals surface area contributed by atoms with E-state index >= 15 is 0 Å². The van der Waals surface area contributed by atoms with Crippen molar-refractivity contribution in [2.24, 2.45) is 0 Å². The van der Waals surface area contributed by atoms with Crippen molar-refractivity contribution in [2.75, 3.05) is 18.6 Å². The van der Waals surface area contributed by atoms with Crippen LogP contribution in [0.4, 0.5) is 4.39 Å². The quantitative estimate of drug-likeness (QED) is 0.815. The molecule has 1 aromatic rings. The van der Waals surface area contributed by atoms with Crippen molar-refractivity contribution in [3.63, 3.8) is 0 Å². The summed E-state index contributed by atoms with van der Waals surface area (Å²) in [5.74, 6) is 0.410. The summed E-state index contributed by atoms with van der Waals surface area (Å²) in [6.07, 6.45) is 1.19. The van der Waals surface area contributed by atoms with Crippen LogP contribution in [0, 0.1) is 5.82 Å². The Hall–Kier alpha value is -0.590. The minimum absolute atomic E-state index is 0.286. The number of halogens is 1. The molecule has 1 fully saturated rings. The Kier molecular flexibility index (Phi) is 3.23. The molecule has 1 saturated heterocycles. The Morgan fingerprint density at radius 2 is 2.25 bits per heavy atom. The average molecular weight is 261 g/mol. The molecule has 0 bridgehead atoms. The van der Waals surface area contributed by atoms with Crippen molar-refractivity contribution in [2.45, 2.75) is 5.37 Å². The van der Waals surface area contributed by atoms with E-state index < -0.39 is 10.0 Å². The Bertz CT molecular complexity index is 489. The molecule has 0 N–H and O–H groups in total. The van der Waals surface area contributed by atoms with Crippen LogP contribution in [0.1, 0.15) is 10.9 Å². The molecule has 0 radical (unpaired) electrons. The van der Waals surface area contributed by atoms with Gasteiger partial charge in [0.05, 0.1) is 11.6 Å². The van der Waals surface area contributed by atoms with Gasteiger partial charge in [0.25, 0.3) is 0 Å². The highest BCUT2D eigenvalue weighted by Gasteiger charge is 2.33. The minimum Gasteiger partial charge on any atom is -0.212 e. The first kappa shape index (κ1) is 11.9. The molecule has 0 saturated carbocycles. The number of hydrogen-bond donors (Lipinski definition) is 0. The van der Waals surface area contributed by atoms with Crippen LogP contribution in [0.15, 0.2) is 24.3 Å². The lowest BCUT2D eigenvalue weighted by atomic mass is 10.2. The Morgan fingerprint density at radius 1 is 1.50 bits per heavy atom. The van der Waals surface area contributed by atoms with E-state index in [1.807, 2.05) is 0 Å². The zero-order valence-electron chi connectivity index (χ0n) is 8.76. The van der Waals surface area contributed by atoms with Crippen LogP contribution >= 0.6 is 11.8 Å². The molecular weight excluding hydrogens is 249 g/mol. The highest BCUT2D eigenvalue weighted by molar-refractivity contribution is 8.00. The Morgan fingerprint density at radius 3 is 2.88 bits per heavy atom. The highest BCUT2D eigenvalue weighted by Crippen LogP contribution is 2.39. The second kappa shape index (κ2) is 4.35. The Balaban J connectivity index is 2.34. The molecule has 0 spiro atoms. The van der Waals surface area contributed by atoms with E-state index in [0.717, 1.165) is 5.75 Å². The normalized spacial score (nSPS) is 22.5. The summed E-state index contributed by atoms with van der Waals surface area (Å²) < 4.78 is 37.5. The lowest BCUT2D eigenvalue weighted by molar-refractivity contribution is 0.438. The zero-order chi connectivity index (χ0) is 11.8. The monoisotopic (exact) mass is 261 g/mol. The lowest BCUT2D eigenvalue weighted by Gasteiger charge is -2.21. The predicted molar refractivity (Wildman–Crippen MR) is 63.1 cm³/mol. The van der Waals surface area contributed by atoms with Crippen LogP contribution in [0.5, 0.6) is 0 Å². The standard InChI is InChI=1S/C10H12FNO2S2/c1-16(13,14)12-5-6-15-10(12)8-3-2-4-9(11)7-8/h2-4,7,10H,5-6H2,1H3. The fraction of sp³-hybridized carbons (Fsp3) is 0.400. The zero-order valence-corrected chi connectivity index (χ0v) is 10.4. The lowest BCUT2D eigenvalue weighted by Crippen LogP contribution is -2.29. The molecule has 2 rings (SSSR count). The molecule has 1 unspecified atom stereocenters. The van der Waals surface area contributed by atoms with Crippen LogP contribution in [0.2, 0.25) is 0 Å². The molecule has 0 aromatic heterocycles. The second-order valence-corrected chi connectivity index (χ2v) is 6.78. The van der Waals surface area contributed by atoms with Crippen LogP contribution in [-0.4, -0.2) is 31.3 Å². The van der Waals surface area contributed by atoms with Gasteiger partial charge >= 0.3 is 0 Å². The van der Waals surface area contributed by atoms with Gasteiger partial charge in [-0.15, -0.1) is 11.8 Å². The minimum atomic E-state index is -3.22. The van der Waals surface area contributed by atoms with Gasteiger partial charge in [0.2, 0.25) is 10.0 Å². The number of rotatable bonds is 2. The molecule has 1 heterocycles. The summed E-state index contributed by atoms with van der Waals surface area (Å²) in [7, 11) is -3.22. The molecule has 88 valence electrons. The molecule has 1 atom stereocenters. The molecule has 0 aliphatic carbocycles. The predicted octanol–water partition coefficient (Wildman–Crippen LogP) is 1.83. The summed E-state index contributed by atoms with van der Waals surface area (Å²) in [6.45, 7) is 0.491. The number of thioether (sulfide) groups is 1. The fourth-order valence-corrected chi connectivity index (χ4v) is 4.51. The van der Waals surface area contributed by atoms with Gasteiger partial charge in [-0.1, -0.05) is 12.1 Å². The van der Waals surface area contributed by atoms with E-state index in [2.05, 4.69) is 0 Å². The van der Waals surface area contributed by atoms with Gasteiger partial charge in [-0.25, -0.2) is 12.8 Å². The maximum absolute atomic E-state index is 13.1. The molecule has 6 heteroatoms. The Labute approximate surface area is 98.7 Å². The summed E-state index contributed by atoms with van der Waals surface area (Å²) in [5, 5.41) is -0.286. The molecule has 1 aliphatic heterocycles. The SMILES string of the molecule is CS(=O)(=O)N1CCSC1c1cccc(F)c1. The molecule has 1 aliphatic rings. The third kappa shape index (κ3) is 2.39. The largest absolute Gasteiger partial charge is 0.212 e. The highest BCUT2D eigenvalue weighted by atomic mass is 32.2. The van der Waals surface area contributed by atoms with Gasteiger partial charge < -0.3 is 0 Å². The van der Waals surface area contributed by atoms with Gasteiger partial charge in [0, 0.05) is 12.3 Å². The molecule has 0 amide bonds. The van der Waals surface area contributed by atoms with E-state index in [1.54, 1.807) is 12.1 Å². The van der Waals surface area contributed by atoms with Crippen molar-refractivity contribution in [3.05, 3.63) is 35.6 Å². The van der Waals surface area contributed by atoms with Crippen LogP contribution in [0.25, 0.3) is 0 Å². The van der Waals surface area contributed by atoms with Crippen molar-refractivity contribution < 1.29 is 12.8 Å². The van der Waals surface area contributed by atoms with E-state index in [9.17, 15) is 12.8 Å². The topological polar surface area (TPSA) is 37.4 Å². The van der Waals surface area contributed by atoms with Gasteiger partial charge in [-0.3, -0.25) is 0 Å². The number of nitrogens with zero attached hydrogens (tertiary/aromatic N) is 1. The molecule has 16 heavy (non-hydrogen) atoms. The van der Waals surface area contributed by atoms with E-state index in [-0.39, 0.29) is 11.2 Å². The molecule has 3 nitrogen and oxygen atoms in total. The first-order valence-electron chi connectivity index (χ1n) is 4.82. The first-order valence-corrected chi connectivity index (χ1v) is 7.72. The second-order valence-electron chi connectivity index (χ2n) is 3.65. The summed E-state index contributed by atoms with van der Waals surface area (Å²) in [6, 6.07) is 6.10. The summed E-state index contributed by atoms with van der Waals surface area (Å²) in [5.41, 5.74) is 0.702. The summed E-state index contributed by atoms with van der Waals surface area (Å²) >= 11 is 1.52. The van der Waals surface area contributed by atoms with Crippen LogP contribution < -0.4 is 0 Å². The smallest absolute Gasteiger partial charge is 0.212 e. The number of sulfonamides is 1. The van der Waals surface area contributed by atoms with Crippen molar-refractivity contribution in [3.8, 4) is 0 Å². The first-order chi connectivity index (χ1) is 7.48. The maximum Gasteiger partial charge on any atom is 0.212 e. The van der Waals surface area contributed by atoms with Crippen molar-refractivity contribution in [1.29, 1.82) is 0 Å². The summed E-state index contributed by atoms with van der Waals surface area (Å²) in [4.78, 5) is 0. The maximum atomic E-state index is 13.1. The number of benzene rings is 1. The van der Waals surface area contributed by atoms with E-state index in [1.165, 1.54) is 34.5 Å². The fourth-order valence-electron chi connectivity index (χ4n) is 1.72. The third-order valence-corrected chi connectivity index (χ3v) is 5.05. The van der Waals surface area contributed by atoms with Gasteiger partial charge in [0.1, 0.15) is 5.82 Å². The van der Waals surface area contributed by atoms with Gasteiger partial charge in [0.15, 0.2) is 0 Å². The van der Waals surface area contributed by atoms with Gasteiger partial charge in [-0.2, -0.15) is 4.31 Å². The van der Waals surface area contributed by atoms with Gasteiger partial charge in [-0.05, 0) is 17.7 Å². The van der Waals surface area contributed by atoms with Crippen LogP contribution in [0.3, 0.4) is 0 Å². The van der Waals surface area contributed by atoms with E-state index in [4.69, 9.17) is 0 Å². The number of hydrogen-bond acceptors (Lipinski definition) is 3. The third-order valence-electron chi connectivity index (χ3n) is 2.41. The van der Waals surface area contributed by atoms with Crippen molar-refractivity contribution >= 4 is 21.8 Å². The molecular formula is C10H12FNO2S2. The van der Waals surface area contributed by atoms with Crippen LogP contribution in [-0.2, 0) is 10.0 Å². The van der Waals surface area contributed by atoms with E-state index in [0.29, 0.717) is 12.1 Å². The average Bonchev–Trinajstić information content (AvgIpc) is 2.65. The van der Waals surface area contributed by atoms with Crippen molar-refractivity contribution in [1.82, 2.24) is 4.31 Å². The molecule has 1 aromatic carbocycles.